The van der Waals surface area contributed by atoms with E-state index < -0.39 is 44.6 Å². The summed E-state index contributed by atoms with van der Waals surface area (Å²) in [5, 5.41) is -0.864. The predicted octanol–water partition coefficient (Wildman–Crippen LogP) is 3.49. The molecule has 1 heterocycles. The summed E-state index contributed by atoms with van der Waals surface area (Å²) < 4.78 is 52.0. The van der Waals surface area contributed by atoms with Crippen molar-refractivity contribution in [3.8, 4) is 0 Å². The first-order chi connectivity index (χ1) is 7.43. The van der Waals surface area contributed by atoms with Gasteiger partial charge in [0.1, 0.15) is 11.0 Å². The number of fused-ring (bicyclic) bond motifs is 1. The molecule has 2 aromatic rings. The van der Waals surface area contributed by atoms with Crippen LogP contribution in [0.4, 0.5) is 17.6 Å². The largest absolute Gasteiger partial charge is 0.228 e. The van der Waals surface area contributed by atoms with E-state index in [1.165, 1.54) is 0 Å². The van der Waals surface area contributed by atoms with Crippen LogP contribution in [0, 0.1) is 23.3 Å². The van der Waals surface area contributed by atoms with Gasteiger partial charge in [-0.2, -0.15) is 0 Å². The molecule has 8 heteroatoms. The Morgan fingerprint density at radius 2 is 0.938 bits per heavy atom. The van der Waals surface area contributed by atoms with Crippen molar-refractivity contribution < 1.29 is 17.6 Å². The van der Waals surface area contributed by atoms with E-state index in [1.807, 2.05) is 0 Å². The third-order valence-corrected chi connectivity index (χ3v) is 2.43. The molecule has 2 nitrogen and oxygen atoms in total. The van der Waals surface area contributed by atoms with E-state index in [-0.39, 0.29) is 0 Å². The molecule has 84 valence electrons. The second-order valence-corrected chi connectivity index (χ2v) is 3.47. The molecule has 0 bridgehead atoms. The van der Waals surface area contributed by atoms with Gasteiger partial charge in [0.05, 0.1) is 0 Å². The minimum atomic E-state index is -1.97. The Morgan fingerprint density at radius 1 is 0.625 bits per heavy atom. The van der Waals surface area contributed by atoms with E-state index in [4.69, 9.17) is 23.2 Å². The summed E-state index contributed by atoms with van der Waals surface area (Å²) in [6.45, 7) is 0. The lowest BCUT2D eigenvalue weighted by Gasteiger charge is -2.04. The summed E-state index contributed by atoms with van der Waals surface area (Å²) in [7, 11) is 0. The zero-order valence-electron chi connectivity index (χ0n) is 7.16. The highest BCUT2D eigenvalue weighted by Gasteiger charge is 2.23. The molecule has 0 aliphatic carbocycles. The minimum absolute atomic E-state index is 0.432. The van der Waals surface area contributed by atoms with Crippen LogP contribution in [0.1, 0.15) is 0 Å². The molecular weight excluding hydrogens is 271 g/mol. The molecule has 0 radical (unpaired) electrons. The molecule has 0 saturated heterocycles. The van der Waals surface area contributed by atoms with Crippen LogP contribution in [0.5, 0.6) is 0 Å². The molecule has 0 aliphatic heterocycles. The fraction of sp³-hybridized carbons (Fsp3) is 0. The zero-order chi connectivity index (χ0) is 12.0. The lowest BCUT2D eigenvalue weighted by atomic mass is 10.2. The molecule has 16 heavy (non-hydrogen) atoms. The van der Waals surface area contributed by atoms with Crippen LogP contribution in [0.3, 0.4) is 0 Å². The SMILES string of the molecule is Fc1c(F)c(F)c2nc(Cl)c(Cl)nc2c1F. The van der Waals surface area contributed by atoms with Gasteiger partial charge in [-0.25, -0.2) is 27.5 Å². The summed E-state index contributed by atoms with van der Waals surface area (Å²) in [5.74, 6) is -7.28. The van der Waals surface area contributed by atoms with Gasteiger partial charge in [-0.05, 0) is 0 Å². The van der Waals surface area contributed by atoms with Crippen molar-refractivity contribution in [3.63, 3.8) is 0 Å². The van der Waals surface area contributed by atoms with Crippen molar-refractivity contribution in [2.24, 2.45) is 0 Å². The van der Waals surface area contributed by atoms with Crippen molar-refractivity contribution in [3.05, 3.63) is 33.6 Å². The highest BCUT2D eigenvalue weighted by Crippen LogP contribution is 2.27. The monoisotopic (exact) mass is 270 g/mol. The number of hydrogen-bond donors (Lipinski definition) is 0. The van der Waals surface area contributed by atoms with Crippen molar-refractivity contribution in [1.29, 1.82) is 0 Å². The summed E-state index contributed by atoms with van der Waals surface area (Å²) in [6.07, 6.45) is 0. The third kappa shape index (κ3) is 1.49. The molecule has 0 saturated carbocycles. The maximum atomic E-state index is 13.2. The molecule has 0 unspecified atom stereocenters. The van der Waals surface area contributed by atoms with Crippen molar-refractivity contribution >= 4 is 34.2 Å². The number of hydrogen-bond acceptors (Lipinski definition) is 2. The number of halogens is 6. The van der Waals surface area contributed by atoms with Gasteiger partial charge in [-0.15, -0.1) is 0 Å². The van der Waals surface area contributed by atoms with Gasteiger partial charge in [0.15, 0.2) is 33.6 Å². The van der Waals surface area contributed by atoms with Crippen LogP contribution in [0.2, 0.25) is 10.3 Å². The Kier molecular flexibility index (Phi) is 2.63. The Labute approximate surface area is 95.8 Å². The first-order valence-corrected chi connectivity index (χ1v) is 4.53. The van der Waals surface area contributed by atoms with Gasteiger partial charge >= 0.3 is 0 Å². The number of benzene rings is 1. The second-order valence-electron chi connectivity index (χ2n) is 2.76. The van der Waals surface area contributed by atoms with E-state index in [0.717, 1.165) is 0 Å². The highest BCUT2D eigenvalue weighted by molar-refractivity contribution is 6.40. The van der Waals surface area contributed by atoms with Crippen LogP contribution in [-0.4, -0.2) is 9.97 Å². The maximum Gasteiger partial charge on any atom is 0.199 e. The van der Waals surface area contributed by atoms with Crippen LogP contribution >= 0.6 is 23.2 Å². The smallest absolute Gasteiger partial charge is 0.199 e. The van der Waals surface area contributed by atoms with E-state index in [9.17, 15) is 17.6 Å². The first kappa shape index (κ1) is 11.3. The Balaban J connectivity index is 3.02. The fourth-order valence-corrected chi connectivity index (χ4v) is 1.35. The first-order valence-electron chi connectivity index (χ1n) is 3.78. The maximum absolute atomic E-state index is 13.2. The average Bonchev–Trinajstić information content (AvgIpc) is 2.26. The van der Waals surface area contributed by atoms with Crippen molar-refractivity contribution in [2.75, 3.05) is 0 Å². The van der Waals surface area contributed by atoms with E-state index in [2.05, 4.69) is 9.97 Å². The van der Waals surface area contributed by atoms with Crippen molar-refractivity contribution in [2.45, 2.75) is 0 Å². The van der Waals surface area contributed by atoms with Crippen LogP contribution in [0.25, 0.3) is 11.0 Å². The quantitative estimate of drug-likeness (QED) is 0.416. The Morgan fingerprint density at radius 3 is 1.25 bits per heavy atom. The summed E-state index contributed by atoms with van der Waals surface area (Å²) in [5.41, 5.74) is -1.63. The number of rotatable bonds is 0. The van der Waals surface area contributed by atoms with E-state index in [0.29, 0.717) is 0 Å². The molecule has 1 aromatic carbocycles. The van der Waals surface area contributed by atoms with Gasteiger partial charge < -0.3 is 0 Å². The molecular formula is C8Cl2F4N2. The van der Waals surface area contributed by atoms with Gasteiger partial charge in [0, 0.05) is 0 Å². The van der Waals surface area contributed by atoms with Crippen LogP contribution in [-0.2, 0) is 0 Å². The topological polar surface area (TPSA) is 25.8 Å². The normalized spacial score (nSPS) is 11.1. The lowest BCUT2D eigenvalue weighted by Crippen LogP contribution is -2.02. The lowest BCUT2D eigenvalue weighted by molar-refractivity contribution is 0.416. The molecule has 0 aliphatic rings. The van der Waals surface area contributed by atoms with Gasteiger partial charge in [-0.3, -0.25) is 0 Å². The minimum Gasteiger partial charge on any atom is -0.228 e. The molecule has 1 aromatic heterocycles. The van der Waals surface area contributed by atoms with Crippen LogP contribution in [0.15, 0.2) is 0 Å². The van der Waals surface area contributed by atoms with Crippen molar-refractivity contribution in [1.82, 2.24) is 9.97 Å². The zero-order valence-corrected chi connectivity index (χ0v) is 8.67. The molecule has 0 fully saturated rings. The van der Waals surface area contributed by atoms with E-state index in [1.54, 1.807) is 0 Å². The molecule has 0 spiro atoms. The average molecular weight is 271 g/mol. The highest BCUT2D eigenvalue weighted by atomic mass is 35.5. The van der Waals surface area contributed by atoms with Gasteiger partial charge in [-0.1, -0.05) is 23.2 Å². The Bertz CT molecular complexity index is 550. The number of nitrogens with zero attached hydrogens (tertiary/aromatic N) is 2. The molecule has 2 rings (SSSR count). The summed E-state index contributed by atoms with van der Waals surface area (Å²) in [4.78, 5) is 6.57. The van der Waals surface area contributed by atoms with Crippen LogP contribution < -0.4 is 0 Å². The Hall–Kier alpha value is -1.14. The molecule has 0 N–H and O–H groups in total. The second kappa shape index (κ2) is 3.71. The predicted molar refractivity (Wildman–Crippen MR) is 49.4 cm³/mol. The summed E-state index contributed by atoms with van der Waals surface area (Å²) in [6, 6.07) is 0. The standard InChI is InChI=1S/C8Cl2F4N2/c9-7-8(10)16-6-4(14)2(12)1(11)3(13)5(6)15-7. The summed E-state index contributed by atoms with van der Waals surface area (Å²) >= 11 is 10.8. The number of aromatic nitrogens is 2. The molecule has 0 amide bonds. The van der Waals surface area contributed by atoms with Gasteiger partial charge in [0.2, 0.25) is 0 Å². The van der Waals surface area contributed by atoms with Gasteiger partial charge in [0.25, 0.3) is 0 Å². The third-order valence-electron chi connectivity index (χ3n) is 1.81. The van der Waals surface area contributed by atoms with E-state index >= 15 is 0 Å². The fourth-order valence-electron chi connectivity index (χ4n) is 1.10. The molecule has 0 atom stereocenters.